The van der Waals surface area contributed by atoms with Gasteiger partial charge in [0.05, 0.1) is 17.7 Å². The number of hydrogen-bond donors (Lipinski definition) is 1. The number of carbonyl (C=O) groups excluding carboxylic acids is 2. The van der Waals surface area contributed by atoms with Gasteiger partial charge < -0.3 is 15.0 Å². The van der Waals surface area contributed by atoms with Crippen LogP contribution in [0.15, 0.2) is 82.2 Å². The summed E-state index contributed by atoms with van der Waals surface area (Å²) in [6.07, 6.45) is 5.04. The summed E-state index contributed by atoms with van der Waals surface area (Å²) in [5, 5.41) is 3.38. The molecule has 1 aliphatic rings. The molecule has 3 aromatic rings. The van der Waals surface area contributed by atoms with Crippen LogP contribution in [0.3, 0.4) is 0 Å². The van der Waals surface area contributed by atoms with E-state index in [4.69, 9.17) is 16.3 Å². The van der Waals surface area contributed by atoms with E-state index in [9.17, 15) is 18.0 Å². The van der Waals surface area contributed by atoms with Crippen LogP contribution in [0, 0.1) is 0 Å². The monoisotopic (exact) mass is 675 g/mol. The minimum atomic E-state index is -4.24. The fraction of sp³-hybridized carbons (Fsp3) is 0.355. The Morgan fingerprint density at radius 3 is 2.40 bits per heavy atom. The van der Waals surface area contributed by atoms with Crippen LogP contribution in [-0.2, 0) is 26.2 Å². The van der Waals surface area contributed by atoms with E-state index in [1.807, 2.05) is 24.3 Å². The van der Waals surface area contributed by atoms with Crippen molar-refractivity contribution in [3.63, 3.8) is 0 Å². The molecule has 0 spiro atoms. The third kappa shape index (κ3) is 7.85. The Morgan fingerprint density at radius 2 is 1.74 bits per heavy atom. The Morgan fingerprint density at radius 1 is 1.02 bits per heavy atom. The van der Waals surface area contributed by atoms with Gasteiger partial charge in [-0.25, -0.2) is 8.42 Å². The smallest absolute Gasteiger partial charge is 0.264 e. The highest BCUT2D eigenvalue weighted by atomic mass is 79.9. The van der Waals surface area contributed by atoms with E-state index < -0.39 is 28.5 Å². The van der Waals surface area contributed by atoms with Crippen molar-refractivity contribution in [1.29, 1.82) is 0 Å². The summed E-state index contributed by atoms with van der Waals surface area (Å²) in [6.45, 7) is 1.19. The Hall–Kier alpha value is -3.08. The zero-order chi connectivity index (χ0) is 30.3. The largest absolute Gasteiger partial charge is 0.495 e. The van der Waals surface area contributed by atoms with Gasteiger partial charge in [0.15, 0.2) is 0 Å². The molecule has 42 heavy (non-hydrogen) atoms. The first kappa shape index (κ1) is 31.8. The lowest BCUT2D eigenvalue weighted by Crippen LogP contribution is -2.53. The summed E-state index contributed by atoms with van der Waals surface area (Å²) in [6, 6.07) is 19.1. The Labute approximate surface area is 261 Å². The van der Waals surface area contributed by atoms with Crippen LogP contribution in [0.1, 0.15) is 44.6 Å². The third-order valence-corrected chi connectivity index (χ3v) is 9.88. The molecule has 2 amide bonds. The minimum absolute atomic E-state index is 0.00135. The minimum Gasteiger partial charge on any atom is -0.495 e. The second kappa shape index (κ2) is 14.4. The van der Waals surface area contributed by atoms with Gasteiger partial charge in [-0.3, -0.25) is 13.9 Å². The molecule has 1 N–H and O–H groups in total. The summed E-state index contributed by atoms with van der Waals surface area (Å²) in [7, 11) is -2.83. The van der Waals surface area contributed by atoms with Gasteiger partial charge in [0, 0.05) is 22.1 Å². The number of methoxy groups -OCH3 is 1. The maximum absolute atomic E-state index is 14.2. The Kier molecular flexibility index (Phi) is 10.9. The van der Waals surface area contributed by atoms with Crippen molar-refractivity contribution in [2.75, 3.05) is 18.0 Å². The quantitative estimate of drug-likeness (QED) is 0.262. The van der Waals surface area contributed by atoms with Crippen molar-refractivity contribution >= 4 is 55.1 Å². The first-order chi connectivity index (χ1) is 20.1. The normalized spacial score (nSPS) is 14.6. The number of hydrogen-bond acceptors (Lipinski definition) is 5. The number of anilines is 1. The highest BCUT2D eigenvalue weighted by molar-refractivity contribution is 9.10. The summed E-state index contributed by atoms with van der Waals surface area (Å²) in [5.74, 6) is -0.598. The summed E-state index contributed by atoms with van der Waals surface area (Å²) >= 11 is 9.76. The fourth-order valence-corrected chi connectivity index (χ4v) is 7.12. The Bertz CT molecular complexity index is 1500. The molecule has 224 valence electrons. The van der Waals surface area contributed by atoms with E-state index in [1.165, 1.54) is 30.2 Å². The van der Waals surface area contributed by atoms with E-state index in [1.54, 1.807) is 37.3 Å². The second-order valence-corrected chi connectivity index (χ2v) is 13.5. The average Bonchev–Trinajstić information content (AvgIpc) is 2.99. The van der Waals surface area contributed by atoms with Gasteiger partial charge in [-0.15, -0.1) is 0 Å². The van der Waals surface area contributed by atoms with Crippen molar-refractivity contribution in [2.24, 2.45) is 0 Å². The topological polar surface area (TPSA) is 96.0 Å². The van der Waals surface area contributed by atoms with Gasteiger partial charge in [-0.05, 0) is 67.8 Å². The number of ether oxygens (including phenoxy) is 1. The van der Waals surface area contributed by atoms with Crippen molar-refractivity contribution in [1.82, 2.24) is 10.2 Å². The number of nitrogens with zero attached hydrogens (tertiary/aromatic N) is 2. The molecule has 4 rings (SSSR count). The second-order valence-electron chi connectivity index (χ2n) is 10.3. The predicted molar refractivity (Wildman–Crippen MR) is 168 cm³/mol. The van der Waals surface area contributed by atoms with Crippen molar-refractivity contribution < 1.29 is 22.7 Å². The van der Waals surface area contributed by atoms with Crippen LogP contribution in [0.4, 0.5) is 5.69 Å². The molecule has 1 unspecified atom stereocenters. The molecule has 0 aliphatic heterocycles. The number of sulfonamides is 1. The zero-order valence-corrected chi connectivity index (χ0v) is 26.8. The summed E-state index contributed by atoms with van der Waals surface area (Å²) < 4.78 is 35.3. The van der Waals surface area contributed by atoms with Crippen LogP contribution in [0.5, 0.6) is 5.75 Å². The molecule has 1 fully saturated rings. The number of rotatable bonds is 11. The summed E-state index contributed by atoms with van der Waals surface area (Å²) in [4.78, 5) is 29.0. The van der Waals surface area contributed by atoms with Crippen LogP contribution in [-0.4, -0.2) is 50.9 Å². The molecule has 0 aromatic heterocycles. The molecule has 1 aliphatic carbocycles. The molecular formula is C31H35BrClN3O5S. The zero-order valence-electron chi connectivity index (χ0n) is 23.6. The SMILES string of the molecule is COc1ccc(Cl)cc1N(CC(=O)N(Cc1cccc(Br)c1)C(C)C(=O)NC1CCCCC1)S(=O)(=O)c1ccccc1. The first-order valence-electron chi connectivity index (χ1n) is 13.9. The molecule has 1 atom stereocenters. The first-order valence-corrected chi connectivity index (χ1v) is 16.5. The molecule has 11 heteroatoms. The van der Waals surface area contributed by atoms with E-state index in [-0.39, 0.29) is 39.8 Å². The number of nitrogens with one attached hydrogen (secondary N) is 1. The molecule has 0 saturated heterocycles. The molecule has 0 bridgehead atoms. The van der Waals surface area contributed by atoms with Crippen LogP contribution < -0.4 is 14.4 Å². The Balaban J connectivity index is 1.72. The molecule has 0 heterocycles. The summed E-state index contributed by atoms with van der Waals surface area (Å²) in [5.41, 5.74) is 0.900. The number of halogens is 2. The average molecular weight is 677 g/mol. The lowest BCUT2D eigenvalue weighted by molar-refractivity contribution is -0.139. The van der Waals surface area contributed by atoms with Crippen molar-refractivity contribution in [3.8, 4) is 5.75 Å². The van der Waals surface area contributed by atoms with E-state index in [0.717, 1.165) is 46.4 Å². The van der Waals surface area contributed by atoms with Gasteiger partial charge >= 0.3 is 0 Å². The fourth-order valence-electron chi connectivity index (χ4n) is 5.07. The van der Waals surface area contributed by atoms with Crippen molar-refractivity contribution in [2.45, 2.75) is 62.6 Å². The highest BCUT2D eigenvalue weighted by Gasteiger charge is 2.34. The van der Waals surface area contributed by atoms with Crippen molar-refractivity contribution in [3.05, 3.63) is 87.9 Å². The van der Waals surface area contributed by atoms with Crippen LogP contribution in [0.2, 0.25) is 5.02 Å². The predicted octanol–water partition coefficient (Wildman–Crippen LogP) is 6.17. The molecule has 3 aromatic carbocycles. The molecular weight excluding hydrogens is 642 g/mol. The number of carbonyl (C=O) groups is 2. The van der Waals surface area contributed by atoms with E-state index >= 15 is 0 Å². The molecule has 1 saturated carbocycles. The third-order valence-electron chi connectivity index (χ3n) is 7.38. The number of benzene rings is 3. The molecule has 8 nitrogen and oxygen atoms in total. The van der Waals surface area contributed by atoms with Gasteiger partial charge in [0.1, 0.15) is 18.3 Å². The van der Waals surface area contributed by atoms with Gasteiger partial charge in [0.2, 0.25) is 11.8 Å². The van der Waals surface area contributed by atoms with Gasteiger partial charge in [0.25, 0.3) is 10.0 Å². The standard InChI is InChI=1S/C31H35BrClN3O5S/c1-22(31(38)34-26-12-5-3-6-13-26)35(20-23-10-9-11-24(32)18-23)30(37)21-36(28-19-25(33)16-17-29(28)41-2)42(39,40)27-14-7-4-8-15-27/h4,7-11,14-19,22,26H,3,5-6,12-13,20-21H2,1-2H3,(H,34,38). The van der Waals surface area contributed by atoms with E-state index in [0.29, 0.717) is 0 Å². The molecule has 0 radical (unpaired) electrons. The lowest BCUT2D eigenvalue weighted by Gasteiger charge is -2.33. The van der Waals surface area contributed by atoms with E-state index in [2.05, 4.69) is 21.2 Å². The highest BCUT2D eigenvalue weighted by Crippen LogP contribution is 2.35. The lowest BCUT2D eigenvalue weighted by atomic mass is 9.95. The van der Waals surface area contributed by atoms with Gasteiger partial charge in [-0.2, -0.15) is 0 Å². The number of amides is 2. The van der Waals surface area contributed by atoms with Crippen LogP contribution >= 0.6 is 27.5 Å². The maximum Gasteiger partial charge on any atom is 0.264 e. The maximum atomic E-state index is 14.2. The van der Waals surface area contributed by atoms with Gasteiger partial charge in [-0.1, -0.05) is 77.1 Å². The van der Waals surface area contributed by atoms with Crippen LogP contribution in [0.25, 0.3) is 0 Å².